The minimum Gasteiger partial charge on any atom is -0.383 e. The summed E-state index contributed by atoms with van der Waals surface area (Å²) in [6.07, 6.45) is 0. The molecule has 7 nitrogen and oxygen atoms in total. The van der Waals surface area contributed by atoms with Gasteiger partial charge in [0.15, 0.2) is 0 Å². The Hall–Kier alpha value is -1.85. The van der Waals surface area contributed by atoms with E-state index in [-0.39, 0.29) is 29.5 Å². The predicted molar refractivity (Wildman–Crippen MR) is 93.9 cm³/mol. The Labute approximate surface area is 152 Å². The second-order valence-electron chi connectivity index (χ2n) is 5.31. The molecule has 26 heavy (non-hydrogen) atoms. The van der Waals surface area contributed by atoms with Crippen molar-refractivity contribution in [3.05, 3.63) is 59.9 Å². The van der Waals surface area contributed by atoms with Crippen LogP contribution in [0.15, 0.2) is 58.3 Å². The Morgan fingerprint density at radius 1 is 0.846 bits per heavy atom. The molecule has 0 aliphatic carbocycles. The van der Waals surface area contributed by atoms with Crippen molar-refractivity contribution in [2.24, 2.45) is 0 Å². The lowest BCUT2D eigenvalue weighted by Crippen LogP contribution is -2.27. The maximum Gasteiger partial charge on any atom is 0.240 e. The van der Waals surface area contributed by atoms with Gasteiger partial charge in [0, 0.05) is 20.2 Å². The van der Waals surface area contributed by atoms with E-state index in [0.717, 1.165) is 12.1 Å². The number of rotatable bonds is 9. The second kappa shape index (κ2) is 8.69. The molecule has 0 heterocycles. The van der Waals surface area contributed by atoms with E-state index in [1.54, 1.807) is 0 Å². The highest BCUT2D eigenvalue weighted by atomic mass is 32.2. The van der Waals surface area contributed by atoms with Crippen molar-refractivity contribution in [1.82, 2.24) is 9.44 Å². The van der Waals surface area contributed by atoms with Gasteiger partial charge in [-0.05, 0) is 42.0 Å². The van der Waals surface area contributed by atoms with Gasteiger partial charge in [0.25, 0.3) is 0 Å². The zero-order valence-electron chi connectivity index (χ0n) is 14.0. The molecule has 0 saturated carbocycles. The third kappa shape index (κ3) is 5.58. The van der Waals surface area contributed by atoms with Crippen LogP contribution in [-0.2, 0) is 31.3 Å². The van der Waals surface area contributed by atoms with Crippen LogP contribution in [0.3, 0.4) is 0 Å². The third-order valence-electron chi connectivity index (χ3n) is 3.42. The molecule has 0 bridgehead atoms. The molecule has 2 N–H and O–H groups in total. The van der Waals surface area contributed by atoms with Crippen LogP contribution in [0.4, 0.5) is 4.39 Å². The number of hydrogen-bond donors (Lipinski definition) is 2. The maximum atomic E-state index is 12.9. The number of hydrogen-bond acceptors (Lipinski definition) is 5. The normalized spacial score (nSPS) is 12.2. The van der Waals surface area contributed by atoms with Crippen LogP contribution in [0.25, 0.3) is 0 Å². The quantitative estimate of drug-likeness (QED) is 0.615. The Kier molecular flexibility index (Phi) is 6.84. The lowest BCUT2D eigenvalue weighted by molar-refractivity contribution is 0.204. The number of halogens is 1. The van der Waals surface area contributed by atoms with Crippen molar-refractivity contribution >= 4 is 20.0 Å². The van der Waals surface area contributed by atoms with Crippen molar-refractivity contribution in [3.8, 4) is 0 Å². The lowest BCUT2D eigenvalue weighted by atomic mass is 10.2. The minimum atomic E-state index is -3.79. The lowest BCUT2D eigenvalue weighted by Gasteiger charge is -2.09. The first kappa shape index (κ1) is 20.5. The molecule has 0 saturated heterocycles. The average molecular weight is 402 g/mol. The summed E-state index contributed by atoms with van der Waals surface area (Å²) in [5, 5.41) is 0. The molecule has 142 valence electrons. The van der Waals surface area contributed by atoms with Gasteiger partial charge in [-0.2, -0.15) is 0 Å². The Morgan fingerprint density at radius 2 is 1.35 bits per heavy atom. The van der Waals surface area contributed by atoms with Crippen molar-refractivity contribution < 1.29 is 26.0 Å². The highest BCUT2D eigenvalue weighted by Gasteiger charge is 2.15. The zero-order chi connectivity index (χ0) is 19.2. The smallest absolute Gasteiger partial charge is 0.240 e. The van der Waals surface area contributed by atoms with Gasteiger partial charge in [-0.25, -0.2) is 30.7 Å². The first-order valence-electron chi connectivity index (χ1n) is 7.57. The fourth-order valence-electron chi connectivity index (χ4n) is 2.02. The fraction of sp³-hybridized carbons (Fsp3) is 0.250. The van der Waals surface area contributed by atoms with Gasteiger partial charge in [0.05, 0.1) is 16.4 Å². The molecule has 0 aromatic heterocycles. The number of methoxy groups -OCH3 is 1. The first-order chi connectivity index (χ1) is 12.2. The fourth-order valence-corrected chi connectivity index (χ4v) is 4.05. The number of sulfonamides is 2. The summed E-state index contributed by atoms with van der Waals surface area (Å²) in [7, 11) is -5.97. The van der Waals surface area contributed by atoms with Gasteiger partial charge in [-0.15, -0.1) is 0 Å². The van der Waals surface area contributed by atoms with Gasteiger partial charge in [0.2, 0.25) is 20.0 Å². The van der Waals surface area contributed by atoms with Crippen molar-refractivity contribution in [1.29, 1.82) is 0 Å². The largest absolute Gasteiger partial charge is 0.383 e. The molecule has 0 radical (unpaired) electrons. The monoisotopic (exact) mass is 402 g/mol. The Morgan fingerprint density at radius 3 is 1.88 bits per heavy atom. The second-order valence-corrected chi connectivity index (χ2v) is 8.85. The van der Waals surface area contributed by atoms with E-state index >= 15 is 0 Å². The van der Waals surface area contributed by atoms with Crippen LogP contribution < -0.4 is 9.44 Å². The summed E-state index contributed by atoms with van der Waals surface area (Å²) in [6, 6.07) is 10.2. The third-order valence-corrected chi connectivity index (χ3v) is 6.32. The van der Waals surface area contributed by atoms with E-state index in [1.807, 2.05) is 0 Å². The molecular weight excluding hydrogens is 383 g/mol. The van der Waals surface area contributed by atoms with E-state index in [9.17, 15) is 21.2 Å². The summed E-state index contributed by atoms with van der Waals surface area (Å²) in [4.78, 5) is 0.0131. The molecule has 0 atom stereocenters. The predicted octanol–water partition coefficient (Wildman–Crippen LogP) is 1.23. The van der Waals surface area contributed by atoms with Crippen LogP contribution in [0.1, 0.15) is 5.56 Å². The Balaban J connectivity index is 2.02. The molecule has 2 aromatic carbocycles. The van der Waals surface area contributed by atoms with Gasteiger partial charge < -0.3 is 4.74 Å². The van der Waals surface area contributed by atoms with Crippen molar-refractivity contribution in [2.45, 2.75) is 16.3 Å². The molecule has 0 aliphatic rings. The summed E-state index contributed by atoms with van der Waals surface area (Å²) >= 11 is 0. The maximum absolute atomic E-state index is 12.9. The van der Waals surface area contributed by atoms with E-state index < -0.39 is 25.9 Å². The summed E-state index contributed by atoms with van der Waals surface area (Å²) < 4.78 is 70.8. The highest BCUT2D eigenvalue weighted by molar-refractivity contribution is 7.89. The molecule has 0 fully saturated rings. The van der Waals surface area contributed by atoms with Gasteiger partial charge >= 0.3 is 0 Å². The molecule has 0 amide bonds. The molecule has 2 rings (SSSR count). The Bertz CT molecular complexity index is 928. The topological polar surface area (TPSA) is 102 Å². The van der Waals surface area contributed by atoms with Crippen LogP contribution in [0.5, 0.6) is 0 Å². The standard InChI is InChI=1S/C16H19FN2O5S2/c1-24-11-10-18-25(20,21)15-6-2-13(3-7-15)12-19-26(22,23)16-8-4-14(17)5-9-16/h2-9,18-19H,10-12H2,1H3. The van der Waals surface area contributed by atoms with E-state index in [4.69, 9.17) is 4.74 Å². The van der Waals surface area contributed by atoms with Crippen LogP contribution >= 0.6 is 0 Å². The van der Waals surface area contributed by atoms with E-state index in [2.05, 4.69) is 9.44 Å². The molecule has 0 spiro atoms. The average Bonchev–Trinajstić information content (AvgIpc) is 2.61. The number of nitrogens with one attached hydrogen (secondary N) is 2. The van der Waals surface area contributed by atoms with E-state index in [1.165, 1.54) is 43.5 Å². The van der Waals surface area contributed by atoms with Gasteiger partial charge in [-0.3, -0.25) is 0 Å². The number of ether oxygens (including phenoxy) is 1. The zero-order valence-corrected chi connectivity index (χ0v) is 15.6. The summed E-state index contributed by atoms with van der Waals surface area (Å²) in [5.41, 5.74) is 0.575. The SMILES string of the molecule is COCCNS(=O)(=O)c1ccc(CNS(=O)(=O)c2ccc(F)cc2)cc1. The van der Waals surface area contributed by atoms with Crippen LogP contribution in [-0.4, -0.2) is 37.1 Å². The molecule has 0 unspecified atom stereocenters. The molecule has 10 heteroatoms. The summed E-state index contributed by atoms with van der Waals surface area (Å²) in [6.45, 7) is 0.373. The molecule has 2 aromatic rings. The van der Waals surface area contributed by atoms with Crippen LogP contribution in [0, 0.1) is 5.82 Å². The van der Waals surface area contributed by atoms with Crippen molar-refractivity contribution in [2.75, 3.05) is 20.3 Å². The number of benzene rings is 2. The van der Waals surface area contributed by atoms with Gasteiger partial charge in [-0.1, -0.05) is 12.1 Å². The highest BCUT2D eigenvalue weighted by Crippen LogP contribution is 2.13. The van der Waals surface area contributed by atoms with Gasteiger partial charge in [0.1, 0.15) is 5.82 Å². The first-order valence-corrected chi connectivity index (χ1v) is 10.5. The molecular formula is C16H19FN2O5S2. The van der Waals surface area contributed by atoms with Crippen molar-refractivity contribution in [3.63, 3.8) is 0 Å². The van der Waals surface area contributed by atoms with Crippen LogP contribution in [0.2, 0.25) is 0 Å². The van der Waals surface area contributed by atoms with E-state index in [0.29, 0.717) is 5.56 Å². The minimum absolute atomic E-state index is 0.0306. The summed E-state index contributed by atoms with van der Waals surface area (Å²) in [5.74, 6) is -0.528. The molecule has 0 aliphatic heterocycles.